The molecule has 112 heavy (non-hydrogen) atoms. The molecule has 8 aromatic carbocycles. The molecule has 4 unspecified atom stereocenters. The van der Waals surface area contributed by atoms with E-state index in [0.717, 1.165) is 142 Å². The smallest absolute Gasteiger partial charge is 0.337 e. The summed E-state index contributed by atoms with van der Waals surface area (Å²) in [4.78, 5) is 51.9. The summed E-state index contributed by atoms with van der Waals surface area (Å²) in [5.41, 5.74) is 36.5. The van der Waals surface area contributed by atoms with Crippen molar-refractivity contribution in [3.8, 4) is 0 Å². The van der Waals surface area contributed by atoms with E-state index >= 15 is 0 Å². The average molecular weight is 1580 g/mol. The number of hydrogen-bond donors (Lipinski definition) is 7. The normalized spacial score (nSPS) is 19.5. The second-order valence-corrected chi connectivity index (χ2v) is 33.5. The lowest BCUT2D eigenvalue weighted by atomic mass is 10.0. The highest BCUT2D eigenvalue weighted by Gasteiger charge is 2.53. The third-order valence-corrected chi connectivity index (χ3v) is 25.3. The fourth-order valence-corrected chi connectivity index (χ4v) is 19.3. The van der Waals surface area contributed by atoms with Crippen LogP contribution in [0.4, 0.5) is 19.2 Å². The van der Waals surface area contributed by atoms with Crippen LogP contribution in [0.2, 0.25) is 0 Å². The average Bonchev–Trinajstić information content (AvgIpc) is 1.61. The van der Waals surface area contributed by atoms with Gasteiger partial charge in [-0.1, -0.05) is 277 Å². The summed E-state index contributed by atoms with van der Waals surface area (Å²) in [5, 5.41) is 38.3. The van der Waals surface area contributed by atoms with Crippen LogP contribution in [0.3, 0.4) is 0 Å². The quantitative estimate of drug-likeness (QED) is 0.0267. The lowest BCUT2D eigenvalue weighted by Gasteiger charge is -2.37. The van der Waals surface area contributed by atoms with Gasteiger partial charge in [0.2, 0.25) is 0 Å². The van der Waals surface area contributed by atoms with Crippen LogP contribution in [0, 0.1) is 27.7 Å². The molecule has 4 aliphatic heterocycles. The number of nitrogens with zero attached hydrogens (tertiary/aromatic N) is 9. The summed E-state index contributed by atoms with van der Waals surface area (Å²) in [5.74, 6) is 0. The minimum atomic E-state index is -0.600. The molecule has 4 atom stereocenters. The fraction of sp³-hybridized carbons (Fsp3) is 0.364. The summed E-state index contributed by atoms with van der Waals surface area (Å²) < 4.78 is 0. The van der Waals surface area contributed by atoms with Gasteiger partial charge in [-0.25, -0.2) is 19.2 Å². The SMILES string of the molecule is CCCN(C)C(=O)N1N=C(c2cccc(C)c2)SC1(CCCN)c1ccccc1.CCCNC(=O)N1N=C(c2cccc(C)c2)SC1(CCCN)c1ccccc1.CCNC(=O)N1N=C(c2cccc(C)c2)SC1(CCCN)c1ccccc1.Cc1cccc(C2=NN(C(=O)NC3CC3)C(CCCN)(c3ccccc3)S2)c1. The van der Waals surface area contributed by atoms with Crippen molar-refractivity contribution in [2.24, 2.45) is 43.3 Å². The number of aryl methyl sites for hydroxylation is 4. The summed E-state index contributed by atoms with van der Waals surface area (Å²) in [6.07, 6.45) is 10.0. The van der Waals surface area contributed by atoms with Crippen LogP contribution in [0.1, 0.15) is 165 Å². The molecule has 1 saturated carbocycles. The molecule has 24 heteroatoms. The Bertz CT molecular complexity index is 4560. The van der Waals surface area contributed by atoms with Gasteiger partial charge in [0.05, 0.1) is 0 Å². The first-order chi connectivity index (χ1) is 54.3. The first kappa shape index (κ1) is 85.2. The highest BCUT2D eigenvalue weighted by atomic mass is 32.2. The Labute approximate surface area is 679 Å². The lowest BCUT2D eigenvalue weighted by molar-refractivity contribution is 0.131. The minimum Gasteiger partial charge on any atom is -0.337 e. The van der Waals surface area contributed by atoms with Crippen LogP contribution in [-0.2, 0) is 19.5 Å². The molecule has 0 saturated heterocycles. The van der Waals surface area contributed by atoms with E-state index in [1.807, 2.05) is 130 Å². The Hall–Kier alpha value is -9.24. The van der Waals surface area contributed by atoms with Crippen molar-refractivity contribution >= 4 is 91.3 Å². The van der Waals surface area contributed by atoms with Crippen LogP contribution < -0.4 is 38.9 Å². The summed E-state index contributed by atoms with van der Waals surface area (Å²) in [6.45, 7) is 18.4. The van der Waals surface area contributed by atoms with E-state index in [0.29, 0.717) is 45.8 Å². The maximum Gasteiger partial charge on any atom is 0.341 e. The van der Waals surface area contributed by atoms with Gasteiger partial charge in [-0.3, -0.25) is 0 Å². The van der Waals surface area contributed by atoms with Crippen LogP contribution in [0.5, 0.6) is 0 Å². The number of carbonyl (C=O) groups is 4. The molecule has 13 rings (SSSR count). The van der Waals surface area contributed by atoms with Gasteiger partial charge >= 0.3 is 24.1 Å². The molecule has 0 radical (unpaired) electrons. The number of benzene rings is 8. The third kappa shape index (κ3) is 20.8. The van der Waals surface area contributed by atoms with Crippen LogP contribution >= 0.6 is 47.0 Å². The Kier molecular flexibility index (Phi) is 31.2. The van der Waals surface area contributed by atoms with Crippen molar-refractivity contribution in [2.75, 3.05) is 52.9 Å². The molecular formula is C88H110N16O4S4. The fourth-order valence-electron chi connectivity index (χ4n) is 13.7. The molecule has 20 nitrogen and oxygen atoms in total. The monoisotopic (exact) mass is 1580 g/mol. The van der Waals surface area contributed by atoms with Gasteiger partial charge in [0.25, 0.3) is 0 Å². The molecule has 5 aliphatic rings. The number of rotatable bonds is 26. The van der Waals surface area contributed by atoms with E-state index in [1.165, 1.54) is 22.3 Å². The van der Waals surface area contributed by atoms with Crippen molar-refractivity contribution in [1.29, 1.82) is 0 Å². The first-order valence-corrected chi connectivity index (χ1v) is 42.3. The van der Waals surface area contributed by atoms with Gasteiger partial charge in [-0.05, 0) is 184 Å². The molecule has 0 spiro atoms. The highest BCUT2D eigenvalue weighted by molar-refractivity contribution is 8.16. The Morgan fingerprint density at radius 2 is 0.696 bits per heavy atom. The predicted molar refractivity (Wildman–Crippen MR) is 467 cm³/mol. The standard InChI is InChI=1S/C23H30N4OS.C22H26N4OS.C22H28N4OS.C21H26N4OS/c1-4-16-26(3)22(28)27-23(14-9-15-24,20-12-6-5-7-13-20)29-21(25-27)19-11-8-10-18(2)17-19;1-16-7-5-8-17(15-16)20-25-26(21(27)24-19-11-12-19)22(28-20,13-6-14-23)18-9-3-2-4-10-18;1-3-15-24-21(27)26-22(13-8-14-23,19-11-5-4-6-12-19)28-20(25-26)18-10-7-9-17(2)16-18;1-3-23-20(26)25-21(13-8-14-22,18-11-5-4-6-12-18)27-19(24-25)17-10-7-9-16(2)15-17/h5-8,10-13,17H,4,9,14-16,24H2,1-3H3;2-5,7-10,15,19H,6,11-14,23H2,1H3,(H,24,27);4-7,9-12,16H,3,8,13-15,23H2,1-2H3,(H,24,27);4-7,9-12,15H,3,8,13-14,22H2,1-2H3,(H,23,26). The van der Waals surface area contributed by atoms with E-state index in [1.54, 1.807) is 72.0 Å². The van der Waals surface area contributed by atoms with Crippen molar-refractivity contribution in [1.82, 2.24) is 40.9 Å². The maximum atomic E-state index is 13.4. The van der Waals surface area contributed by atoms with Crippen LogP contribution in [-0.4, -0.2) is 128 Å². The largest absolute Gasteiger partial charge is 0.341 e. The van der Waals surface area contributed by atoms with Gasteiger partial charge < -0.3 is 43.8 Å². The molecule has 590 valence electrons. The zero-order valence-corrected chi connectivity index (χ0v) is 69.2. The molecule has 1 aliphatic carbocycles. The van der Waals surface area contributed by atoms with Crippen molar-refractivity contribution in [2.45, 2.75) is 151 Å². The summed E-state index contributed by atoms with van der Waals surface area (Å²) in [6, 6.07) is 73.4. The van der Waals surface area contributed by atoms with Crippen molar-refractivity contribution < 1.29 is 19.2 Å². The van der Waals surface area contributed by atoms with Crippen molar-refractivity contribution in [3.63, 3.8) is 0 Å². The molecular weight excluding hydrogens is 1470 g/mol. The second kappa shape index (κ2) is 41.0. The van der Waals surface area contributed by atoms with E-state index in [-0.39, 0.29) is 30.2 Å². The number of hydrogen-bond acceptors (Lipinski definition) is 16. The van der Waals surface area contributed by atoms with Gasteiger partial charge in [0.15, 0.2) is 0 Å². The highest BCUT2D eigenvalue weighted by Crippen LogP contribution is 2.55. The third-order valence-electron chi connectivity index (χ3n) is 19.4. The molecule has 11 N–H and O–H groups in total. The Balaban J connectivity index is 0.000000158. The molecule has 8 aromatic rings. The number of hydrazone groups is 4. The Morgan fingerprint density at radius 3 is 0.973 bits per heavy atom. The molecule has 1 fully saturated rings. The zero-order valence-electron chi connectivity index (χ0n) is 65.9. The van der Waals surface area contributed by atoms with Crippen LogP contribution in [0.15, 0.2) is 239 Å². The van der Waals surface area contributed by atoms with Crippen molar-refractivity contribution in [3.05, 3.63) is 285 Å². The van der Waals surface area contributed by atoms with Gasteiger partial charge in [-0.15, -0.1) is 0 Å². The molecule has 0 bridgehead atoms. The topological polar surface area (TPSA) is 274 Å². The predicted octanol–water partition coefficient (Wildman–Crippen LogP) is 17.4. The first-order valence-electron chi connectivity index (χ1n) is 39.1. The number of carbonyl (C=O) groups excluding carboxylic acids is 4. The maximum absolute atomic E-state index is 13.4. The van der Waals surface area contributed by atoms with Gasteiger partial charge in [0, 0.05) is 55.0 Å². The summed E-state index contributed by atoms with van der Waals surface area (Å²) in [7, 11) is 1.84. The number of urea groups is 4. The zero-order chi connectivity index (χ0) is 79.7. The van der Waals surface area contributed by atoms with Gasteiger partial charge in [-0.2, -0.15) is 40.4 Å². The number of amides is 8. The lowest BCUT2D eigenvalue weighted by Crippen LogP contribution is -2.47. The van der Waals surface area contributed by atoms with E-state index in [2.05, 4.69) is 160 Å². The van der Waals surface area contributed by atoms with E-state index < -0.39 is 19.5 Å². The minimum absolute atomic E-state index is 0.0807. The molecule has 4 heterocycles. The molecule has 8 amide bonds. The van der Waals surface area contributed by atoms with E-state index in [9.17, 15) is 19.2 Å². The number of nitrogens with two attached hydrogens (primary N) is 4. The van der Waals surface area contributed by atoms with Gasteiger partial charge in [0.1, 0.15) is 39.7 Å². The second-order valence-electron chi connectivity index (χ2n) is 28.4. The summed E-state index contributed by atoms with van der Waals surface area (Å²) >= 11 is 6.59. The molecule has 0 aromatic heterocycles. The Morgan fingerprint density at radius 1 is 0.402 bits per heavy atom. The number of thioether (sulfide) groups is 4. The van der Waals surface area contributed by atoms with E-state index in [4.69, 9.17) is 43.3 Å². The van der Waals surface area contributed by atoms with Crippen LogP contribution in [0.25, 0.3) is 0 Å². The number of nitrogens with one attached hydrogen (secondary N) is 3.